The Balaban J connectivity index is 1.38. The maximum Gasteiger partial charge on any atom is 0.161 e. The number of halogens is 1. The van der Waals surface area contributed by atoms with Crippen LogP contribution in [-0.4, -0.2) is 56.3 Å². The molecule has 6 nitrogen and oxygen atoms in total. The number of hydrogen-bond acceptors (Lipinski definition) is 6. The van der Waals surface area contributed by atoms with E-state index in [2.05, 4.69) is 9.89 Å². The van der Waals surface area contributed by atoms with Crippen LogP contribution in [0.25, 0.3) is 0 Å². The molecule has 2 heterocycles. The number of rotatable bonds is 9. The van der Waals surface area contributed by atoms with E-state index in [4.69, 9.17) is 25.8 Å². The fraction of sp³-hybridized carbons (Fsp3) is 0.458. The van der Waals surface area contributed by atoms with E-state index in [1.54, 1.807) is 24.3 Å². The molecule has 0 N–H and O–H groups in total. The summed E-state index contributed by atoms with van der Waals surface area (Å²) in [6, 6.07) is 13.0. The lowest BCUT2D eigenvalue weighted by molar-refractivity contribution is -0.219. The highest BCUT2D eigenvalue weighted by molar-refractivity contribution is 6.30. The van der Waals surface area contributed by atoms with Crippen LogP contribution in [-0.2, 0) is 6.42 Å². The van der Waals surface area contributed by atoms with Crippen molar-refractivity contribution in [3.8, 4) is 17.2 Å². The first-order chi connectivity index (χ1) is 15.2. The lowest BCUT2D eigenvalue weighted by atomic mass is 10.0. The molecule has 31 heavy (non-hydrogen) atoms. The molecule has 2 aliphatic heterocycles. The molecule has 2 aromatic rings. The first kappa shape index (κ1) is 21.8. The zero-order chi connectivity index (χ0) is 21.5. The molecule has 2 aromatic carbocycles. The minimum absolute atomic E-state index is 0.0938. The highest BCUT2D eigenvalue weighted by Crippen LogP contribution is 2.31. The van der Waals surface area contributed by atoms with Gasteiger partial charge in [-0.2, -0.15) is 0 Å². The molecule has 1 atom stereocenters. The molecule has 0 spiro atoms. The van der Waals surface area contributed by atoms with Crippen LogP contribution in [0.15, 0.2) is 47.5 Å². The molecule has 4 rings (SSSR count). The monoisotopic (exact) mass is 443 g/mol. The zero-order valence-electron chi connectivity index (χ0n) is 17.6. The lowest BCUT2D eigenvalue weighted by Gasteiger charge is -2.24. The van der Waals surface area contributed by atoms with Gasteiger partial charge in [-0.05, 0) is 80.2 Å². The Labute approximate surface area is 188 Å². The third kappa shape index (κ3) is 6.52. The Bertz CT molecular complexity index is 882. The molecule has 1 fully saturated rings. The Hall–Kier alpha value is -2.44. The zero-order valence-corrected chi connectivity index (χ0v) is 18.4. The summed E-state index contributed by atoms with van der Waals surface area (Å²) in [6.07, 6.45) is 3.36. The Morgan fingerprint density at radius 2 is 1.81 bits per heavy atom. The smallest absolute Gasteiger partial charge is 0.161 e. The van der Waals surface area contributed by atoms with Crippen molar-refractivity contribution in [2.75, 3.05) is 39.5 Å². The number of benzene rings is 2. The molecule has 2 aliphatic rings. The van der Waals surface area contributed by atoms with Gasteiger partial charge in [0.1, 0.15) is 19.0 Å². The van der Waals surface area contributed by atoms with E-state index in [1.807, 2.05) is 18.2 Å². The average Bonchev–Trinajstić information content (AvgIpc) is 3.28. The molecule has 166 valence electrons. The summed E-state index contributed by atoms with van der Waals surface area (Å²) in [7, 11) is 0. The van der Waals surface area contributed by atoms with Crippen LogP contribution in [0.3, 0.4) is 0 Å². The van der Waals surface area contributed by atoms with Gasteiger partial charge in [0, 0.05) is 18.0 Å². The SMILES string of the molecule is [O-]C(CCOc1ccc(Cl)cc1)=NC(Cc1ccc2c(c1)OCCO2)CN1CCCC1. The summed E-state index contributed by atoms with van der Waals surface area (Å²) in [5.41, 5.74) is 1.10. The third-order valence-corrected chi connectivity index (χ3v) is 5.72. The van der Waals surface area contributed by atoms with Gasteiger partial charge in [0.25, 0.3) is 0 Å². The quantitative estimate of drug-likeness (QED) is 0.439. The summed E-state index contributed by atoms with van der Waals surface area (Å²) in [6.45, 7) is 4.36. The summed E-state index contributed by atoms with van der Waals surface area (Å²) >= 11 is 5.89. The highest BCUT2D eigenvalue weighted by Gasteiger charge is 2.19. The van der Waals surface area contributed by atoms with Crippen molar-refractivity contribution in [3.63, 3.8) is 0 Å². The molecule has 0 saturated carbocycles. The van der Waals surface area contributed by atoms with Gasteiger partial charge in [-0.3, -0.25) is 0 Å². The molecule has 0 radical (unpaired) electrons. The standard InChI is InChI=1S/C24H29ClN2O4/c25-19-4-6-21(7-5-19)29-12-9-24(28)26-20(17-27-10-1-2-11-27)15-18-3-8-22-23(16-18)31-14-13-30-22/h3-8,16,20H,1-2,9-15,17H2,(H,26,28)/p-1. The van der Waals surface area contributed by atoms with Crippen LogP contribution < -0.4 is 19.3 Å². The number of ether oxygens (including phenoxy) is 3. The molecular formula is C24H28ClN2O4-. The normalized spacial score (nSPS) is 17.5. The number of fused-ring (bicyclic) bond motifs is 1. The van der Waals surface area contributed by atoms with Crippen molar-refractivity contribution in [2.45, 2.75) is 31.7 Å². The predicted octanol–water partition coefficient (Wildman–Crippen LogP) is 3.35. The number of hydrogen-bond donors (Lipinski definition) is 0. The molecular weight excluding hydrogens is 416 g/mol. The van der Waals surface area contributed by atoms with Gasteiger partial charge in [-0.1, -0.05) is 17.7 Å². The molecule has 1 unspecified atom stereocenters. The molecule has 0 aliphatic carbocycles. The van der Waals surface area contributed by atoms with Gasteiger partial charge < -0.3 is 29.2 Å². The van der Waals surface area contributed by atoms with Crippen molar-refractivity contribution in [1.82, 2.24) is 4.90 Å². The Kier molecular flexibility index (Phi) is 7.54. The summed E-state index contributed by atoms with van der Waals surface area (Å²) in [4.78, 5) is 6.93. The van der Waals surface area contributed by atoms with E-state index in [0.29, 0.717) is 37.0 Å². The van der Waals surface area contributed by atoms with Gasteiger partial charge in [0.15, 0.2) is 11.5 Å². The van der Waals surface area contributed by atoms with Crippen LogP contribution in [0.2, 0.25) is 5.02 Å². The van der Waals surface area contributed by atoms with Gasteiger partial charge in [0.2, 0.25) is 0 Å². The van der Waals surface area contributed by atoms with E-state index in [-0.39, 0.29) is 18.4 Å². The summed E-state index contributed by atoms with van der Waals surface area (Å²) in [5, 5.41) is 13.2. The van der Waals surface area contributed by atoms with Crippen molar-refractivity contribution in [3.05, 3.63) is 53.1 Å². The predicted molar refractivity (Wildman–Crippen MR) is 120 cm³/mol. The van der Waals surface area contributed by atoms with Crippen molar-refractivity contribution < 1.29 is 19.3 Å². The average molecular weight is 444 g/mol. The van der Waals surface area contributed by atoms with Crippen molar-refractivity contribution in [1.29, 1.82) is 0 Å². The number of nitrogens with zero attached hydrogens (tertiary/aromatic N) is 2. The Morgan fingerprint density at radius 3 is 2.58 bits per heavy atom. The van der Waals surface area contributed by atoms with Gasteiger partial charge in [0.05, 0.1) is 12.6 Å². The van der Waals surface area contributed by atoms with Crippen LogP contribution in [0.5, 0.6) is 17.2 Å². The summed E-state index contributed by atoms with van der Waals surface area (Å²) < 4.78 is 17.0. The first-order valence-corrected chi connectivity index (χ1v) is 11.3. The van der Waals surface area contributed by atoms with Crippen molar-refractivity contribution in [2.24, 2.45) is 4.99 Å². The van der Waals surface area contributed by atoms with Crippen LogP contribution in [0.1, 0.15) is 24.8 Å². The Morgan fingerprint density at radius 1 is 1.06 bits per heavy atom. The maximum absolute atomic E-state index is 12.6. The van der Waals surface area contributed by atoms with E-state index < -0.39 is 0 Å². The molecule has 0 amide bonds. The highest BCUT2D eigenvalue weighted by atomic mass is 35.5. The van der Waals surface area contributed by atoms with E-state index in [0.717, 1.165) is 36.7 Å². The van der Waals surface area contributed by atoms with E-state index in [1.165, 1.54) is 12.8 Å². The van der Waals surface area contributed by atoms with Crippen LogP contribution >= 0.6 is 11.6 Å². The molecule has 0 aromatic heterocycles. The fourth-order valence-corrected chi connectivity index (χ4v) is 4.08. The molecule has 1 saturated heterocycles. The molecule has 0 bridgehead atoms. The van der Waals surface area contributed by atoms with Crippen molar-refractivity contribution >= 4 is 17.5 Å². The van der Waals surface area contributed by atoms with E-state index >= 15 is 0 Å². The van der Waals surface area contributed by atoms with Gasteiger partial charge in [-0.15, -0.1) is 0 Å². The second-order valence-corrected chi connectivity index (χ2v) is 8.36. The minimum Gasteiger partial charge on any atom is -0.862 e. The number of likely N-dealkylation sites (tertiary alicyclic amines) is 1. The third-order valence-electron chi connectivity index (χ3n) is 5.47. The van der Waals surface area contributed by atoms with Gasteiger partial charge >= 0.3 is 0 Å². The fourth-order valence-electron chi connectivity index (χ4n) is 3.96. The second-order valence-electron chi connectivity index (χ2n) is 7.92. The largest absolute Gasteiger partial charge is 0.862 e. The van der Waals surface area contributed by atoms with E-state index in [9.17, 15) is 5.11 Å². The lowest BCUT2D eigenvalue weighted by Crippen LogP contribution is -2.33. The topological polar surface area (TPSA) is 66.3 Å². The summed E-state index contributed by atoms with van der Waals surface area (Å²) in [5.74, 6) is 2.11. The van der Waals surface area contributed by atoms with Gasteiger partial charge in [-0.25, -0.2) is 0 Å². The first-order valence-electron chi connectivity index (χ1n) is 10.9. The molecule has 7 heteroatoms. The van der Waals surface area contributed by atoms with Crippen LogP contribution in [0.4, 0.5) is 0 Å². The maximum atomic E-state index is 12.6. The number of aliphatic imine (C=N–C) groups is 1. The second kappa shape index (κ2) is 10.7. The van der Waals surface area contributed by atoms with Crippen LogP contribution in [0, 0.1) is 0 Å². The minimum atomic E-state index is -0.129.